The van der Waals surface area contributed by atoms with E-state index in [1.807, 2.05) is 30.9 Å². The Morgan fingerprint density at radius 1 is 0.792 bits per heavy atom. The van der Waals surface area contributed by atoms with Crippen LogP contribution in [0.5, 0.6) is 0 Å². The van der Waals surface area contributed by atoms with Crippen LogP contribution < -0.4 is 0 Å². The molecule has 3 heterocycles. The minimum Gasteiger partial charge on any atom is -0.314 e. The van der Waals surface area contributed by atoms with Crippen LogP contribution in [-0.2, 0) is 0 Å². The van der Waals surface area contributed by atoms with Crippen molar-refractivity contribution in [2.24, 2.45) is 0 Å². The molecule has 4 rings (SSSR count). The minimum atomic E-state index is 1.13. The van der Waals surface area contributed by atoms with Crippen molar-refractivity contribution in [1.82, 2.24) is 14.5 Å². The second-order valence-electron chi connectivity index (χ2n) is 6.27. The highest BCUT2D eigenvalue weighted by Crippen LogP contribution is 2.31. The summed E-state index contributed by atoms with van der Waals surface area (Å²) in [6, 6.07) is 10.7. The summed E-state index contributed by atoms with van der Waals surface area (Å²) in [5.41, 5.74) is 8.44. The first kappa shape index (κ1) is 14.6. The SMILES string of the molecule is Cc1ccncc1-c1ccc2c(c1)c(C)cn2-c1cnccc1C. The summed E-state index contributed by atoms with van der Waals surface area (Å²) in [5, 5.41) is 1.26. The Balaban J connectivity index is 1.93. The quantitative estimate of drug-likeness (QED) is 0.520. The molecule has 0 aliphatic rings. The van der Waals surface area contributed by atoms with Crippen LogP contribution in [0, 0.1) is 20.8 Å². The molecule has 118 valence electrons. The lowest BCUT2D eigenvalue weighted by atomic mass is 10.0. The van der Waals surface area contributed by atoms with E-state index < -0.39 is 0 Å². The van der Waals surface area contributed by atoms with Gasteiger partial charge in [-0.25, -0.2) is 0 Å². The molecule has 0 fully saturated rings. The van der Waals surface area contributed by atoms with Crippen molar-refractivity contribution in [3.63, 3.8) is 0 Å². The van der Waals surface area contributed by atoms with Gasteiger partial charge in [-0.3, -0.25) is 9.97 Å². The second-order valence-corrected chi connectivity index (χ2v) is 6.27. The fraction of sp³-hybridized carbons (Fsp3) is 0.143. The van der Waals surface area contributed by atoms with E-state index >= 15 is 0 Å². The van der Waals surface area contributed by atoms with E-state index in [1.165, 1.54) is 38.7 Å². The first-order chi connectivity index (χ1) is 11.6. The van der Waals surface area contributed by atoms with Crippen LogP contribution in [0.25, 0.3) is 27.7 Å². The molecule has 0 saturated heterocycles. The van der Waals surface area contributed by atoms with Crippen molar-refractivity contribution >= 4 is 10.9 Å². The maximum atomic E-state index is 4.29. The molecular weight excluding hydrogens is 294 g/mol. The molecular formula is C21H19N3. The molecule has 0 bridgehead atoms. The largest absolute Gasteiger partial charge is 0.314 e. The molecule has 0 spiro atoms. The van der Waals surface area contributed by atoms with Gasteiger partial charge in [0.25, 0.3) is 0 Å². The van der Waals surface area contributed by atoms with Gasteiger partial charge in [0.1, 0.15) is 0 Å². The molecule has 1 aromatic carbocycles. The Morgan fingerprint density at radius 2 is 1.54 bits per heavy atom. The Labute approximate surface area is 141 Å². The van der Waals surface area contributed by atoms with Gasteiger partial charge in [0.05, 0.1) is 17.4 Å². The number of rotatable bonds is 2. The fourth-order valence-electron chi connectivity index (χ4n) is 3.24. The van der Waals surface area contributed by atoms with E-state index in [4.69, 9.17) is 0 Å². The third-order valence-electron chi connectivity index (χ3n) is 4.62. The summed E-state index contributed by atoms with van der Waals surface area (Å²) in [5.74, 6) is 0. The number of pyridine rings is 2. The maximum Gasteiger partial charge on any atom is 0.0668 e. The zero-order valence-electron chi connectivity index (χ0n) is 14.1. The summed E-state index contributed by atoms with van der Waals surface area (Å²) in [7, 11) is 0. The second kappa shape index (κ2) is 5.60. The molecule has 0 aliphatic carbocycles. The number of hydrogen-bond donors (Lipinski definition) is 0. The molecule has 3 aromatic heterocycles. The van der Waals surface area contributed by atoms with Gasteiger partial charge in [-0.1, -0.05) is 6.07 Å². The van der Waals surface area contributed by atoms with Crippen LogP contribution >= 0.6 is 0 Å². The molecule has 3 heteroatoms. The predicted molar refractivity (Wildman–Crippen MR) is 98.5 cm³/mol. The molecule has 0 unspecified atom stereocenters. The number of aromatic nitrogens is 3. The lowest BCUT2D eigenvalue weighted by Gasteiger charge is -2.09. The van der Waals surface area contributed by atoms with Gasteiger partial charge in [0, 0.05) is 35.7 Å². The van der Waals surface area contributed by atoms with Crippen molar-refractivity contribution in [2.75, 3.05) is 0 Å². The molecule has 0 atom stereocenters. The zero-order valence-corrected chi connectivity index (χ0v) is 14.1. The van der Waals surface area contributed by atoms with Crippen LogP contribution in [0.1, 0.15) is 16.7 Å². The monoisotopic (exact) mass is 313 g/mol. The first-order valence-electron chi connectivity index (χ1n) is 8.09. The van der Waals surface area contributed by atoms with E-state index in [-0.39, 0.29) is 0 Å². The van der Waals surface area contributed by atoms with Crippen LogP contribution in [0.3, 0.4) is 0 Å². The van der Waals surface area contributed by atoms with E-state index in [1.54, 1.807) is 0 Å². The molecule has 0 saturated carbocycles. The summed E-state index contributed by atoms with van der Waals surface area (Å²) < 4.78 is 2.23. The Bertz CT molecular complexity index is 1040. The first-order valence-corrected chi connectivity index (χ1v) is 8.09. The summed E-state index contributed by atoms with van der Waals surface area (Å²) in [4.78, 5) is 8.56. The van der Waals surface area contributed by atoms with Gasteiger partial charge in [0.15, 0.2) is 0 Å². The molecule has 0 amide bonds. The molecule has 0 radical (unpaired) electrons. The third-order valence-corrected chi connectivity index (χ3v) is 4.62. The summed E-state index contributed by atoms with van der Waals surface area (Å²) in [6.45, 7) is 6.40. The molecule has 24 heavy (non-hydrogen) atoms. The zero-order chi connectivity index (χ0) is 16.7. The molecule has 4 aromatic rings. The van der Waals surface area contributed by atoms with E-state index in [2.05, 4.69) is 65.8 Å². The van der Waals surface area contributed by atoms with Crippen molar-refractivity contribution in [2.45, 2.75) is 20.8 Å². The van der Waals surface area contributed by atoms with Crippen LogP contribution in [-0.4, -0.2) is 14.5 Å². The average Bonchev–Trinajstić information content (AvgIpc) is 2.92. The normalized spacial score (nSPS) is 11.1. The standard InChI is InChI=1S/C21H19N3/c1-14-6-8-22-11-19(14)17-4-5-20-18(10-17)16(3)13-24(20)21-12-23-9-7-15(21)2/h4-13H,1-3H3. The Morgan fingerprint density at radius 3 is 2.29 bits per heavy atom. The topological polar surface area (TPSA) is 30.7 Å². The average molecular weight is 313 g/mol. The highest BCUT2D eigenvalue weighted by Gasteiger charge is 2.11. The minimum absolute atomic E-state index is 1.13. The third kappa shape index (κ3) is 2.29. The smallest absolute Gasteiger partial charge is 0.0668 e. The maximum absolute atomic E-state index is 4.29. The molecule has 0 aliphatic heterocycles. The molecule has 0 N–H and O–H groups in total. The Hall–Kier alpha value is -2.94. The summed E-state index contributed by atoms with van der Waals surface area (Å²) >= 11 is 0. The van der Waals surface area contributed by atoms with Gasteiger partial charge in [-0.2, -0.15) is 0 Å². The van der Waals surface area contributed by atoms with Gasteiger partial charge >= 0.3 is 0 Å². The predicted octanol–water partition coefficient (Wildman–Crippen LogP) is 5.01. The van der Waals surface area contributed by atoms with E-state index in [0.717, 1.165) is 5.69 Å². The lowest BCUT2D eigenvalue weighted by molar-refractivity contribution is 1.07. The van der Waals surface area contributed by atoms with Gasteiger partial charge in [0.2, 0.25) is 0 Å². The number of nitrogens with zero attached hydrogens (tertiary/aromatic N) is 3. The Kier molecular flexibility index (Phi) is 3.42. The summed E-state index contributed by atoms with van der Waals surface area (Å²) in [6.07, 6.45) is 9.72. The van der Waals surface area contributed by atoms with Crippen molar-refractivity contribution < 1.29 is 0 Å². The highest BCUT2D eigenvalue weighted by atomic mass is 15.0. The van der Waals surface area contributed by atoms with Crippen LogP contribution in [0.4, 0.5) is 0 Å². The number of benzene rings is 1. The van der Waals surface area contributed by atoms with Gasteiger partial charge in [-0.05, 0) is 67.3 Å². The van der Waals surface area contributed by atoms with Gasteiger partial charge in [-0.15, -0.1) is 0 Å². The van der Waals surface area contributed by atoms with Gasteiger partial charge < -0.3 is 4.57 Å². The van der Waals surface area contributed by atoms with E-state index in [9.17, 15) is 0 Å². The van der Waals surface area contributed by atoms with Crippen molar-refractivity contribution in [3.05, 3.63) is 78.0 Å². The van der Waals surface area contributed by atoms with E-state index in [0.29, 0.717) is 0 Å². The van der Waals surface area contributed by atoms with Crippen molar-refractivity contribution in [1.29, 1.82) is 0 Å². The lowest BCUT2D eigenvalue weighted by Crippen LogP contribution is -1.96. The van der Waals surface area contributed by atoms with Crippen LogP contribution in [0.15, 0.2) is 61.3 Å². The molecule has 3 nitrogen and oxygen atoms in total. The van der Waals surface area contributed by atoms with Crippen LogP contribution in [0.2, 0.25) is 0 Å². The number of fused-ring (bicyclic) bond motifs is 1. The number of aryl methyl sites for hydroxylation is 3. The number of hydrogen-bond acceptors (Lipinski definition) is 2. The highest BCUT2D eigenvalue weighted by molar-refractivity contribution is 5.90. The van der Waals surface area contributed by atoms with Crippen molar-refractivity contribution in [3.8, 4) is 16.8 Å². The fourth-order valence-corrected chi connectivity index (χ4v) is 3.24.